The maximum Gasteiger partial charge on any atom is 0.425 e. The third-order valence-corrected chi connectivity index (χ3v) is 7.23. The largest absolute Gasteiger partial charge is 0.493 e. The molecule has 0 aromatic heterocycles. The number of amides is 2. The topological polar surface area (TPSA) is 84.9 Å². The molecule has 208 valence electrons. The summed E-state index contributed by atoms with van der Waals surface area (Å²) in [6, 6.07) is 11.0. The summed E-state index contributed by atoms with van der Waals surface area (Å²) in [5.41, 5.74) is -3.38. The van der Waals surface area contributed by atoms with Crippen LogP contribution >= 0.6 is 0 Å². The molecule has 2 amide bonds. The molecule has 39 heavy (non-hydrogen) atoms. The molecule has 2 aromatic rings. The Kier molecular flexibility index (Phi) is 7.27. The fourth-order valence-corrected chi connectivity index (χ4v) is 5.29. The molecule has 0 bridgehead atoms. The van der Waals surface area contributed by atoms with Crippen LogP contribution in [0.1, 0.15) is 48.2 Å². The van der Waals surface area contributed by atoms with Gasteiger partial charge in [0.2, 0.25) is 5.54 Å². The van der Waals surface area contributed by atoms with Crippen LogP contribution in [0.4, 0.5) is 13.2 Å². The van der Waals surface area contributed by atoms with E-state index >= 15 is 0 Å². The van der Waals surface area contributed by atoms with Crippen molar-refractivity contribution >= 4 is 17.6 Å². The number of aryl methyl sites for hydroxylation is 1. The number of alkyl halides is 3. The Labute approximate surface area is 225 Å². The molecule has 1 aliphatic carbocycles. The molecule has 1 heterocycles. The summed E-state index contributed by atoms with van der Waals surface area (Å²) in [5, 5.41) is 1.97. The second-order valence-corrected chi connectivity index (χ2v) is 10.7. The van der Waals surface area contributed by atoms with E-state index in [0.717, 1.165) is 10.5 Å². The molecule has 1 aliphatic heterocycles. The number of carbonyl (C=O) groups is 3. The minimum Gasteiger partial charge on any atom is -0.493 e. The first-order valence-electron chi connectivity index (χ1n) is 12.5. The highest BCUT2D eigenvalue weighted by Crippen LogP contribution is 2.51. The van der Waals surface area contributed by atoms with E-state index in [1.165, 1.54) is 26.4 Å². The maximum absolute atomic E-state index is 15.0. The highest BCUT2D eigenvalue weighted by Gasteiger charge is 2.71. The van der Waals surface area contributed by atoms with Gasteiger partial charge >= 0.3 is 6.18 Å². The summed E-state index contributed by atoms with van der Waals surface area (Å²) in [6.45, 7) is 5.18. The summed E-state index contributed by atoms with van der Waals surface area (Å²) in [4.78, 5) is 41.2. The van der Waals surface area contributed by atoms with Crippen molar-refractivity contribution in [2.45, 2.75) is 51.7 Å². The van der Waals surface area contributed by atoms with Gasteiger partial charge in [-0.15, -0.1) is 0 Å². The zero-order valence-corrected chi connectivity index (χ0v) is 22.5. The summed E-state index contributed by atoms with van der Waals surface area (Å²) < 4.78 is 55.5. The molecular formula is C29H31F3N2O5. The lowest BCUT2D eigenvalue weighted by Crippen LogP contribution is -2.66. The van der Waals surface area contributed by atoms with Crippen molar-refractivity contribution < 1.29 is 37.0 Å². The Hall–Kier alpha value is -3.82. The third-order valence-electron chi connectivity index (χ3n) is 7.23. The average molecular weight is 545 g/mol. The molecule has 2 aliphatic rings. The molecule has 2 aromatic carbocycles. The van der Waals surface area contributed by atoms with Crippen LogP contribution in [0.25, 0.3) is 0 Å². The molecule has 0 saturated heterocycles. The summed E-state index contributed by atoms with van der Waals surface area (Å²) >= 11 is 0. The zero-order valence-electron chi connectivity index (χ0n) is 22.5. The number of nitrogens with zero attached hydrogens (tertiary/aromatic N) is 1. The zero-order chi connectivity index (χ0) is 28.8. The molecule has 1 atom stereocenters. The first kappa shape index (κ1) is 28.2. The second kappa shape index (κ2) is 10.1. The van der Waals surface area contributed by atoms with Gasteiger partial charge in [-0.2, -0.15) is 13.2 Å². The highest BCUT2D eigenvalue weighted by molar-refractivity contribution is 6.14. The quantitative estimate of drug-likeness (QED) is 0.543. The van der Waals surface area contributed by atoms with E-state index in [2.05, 4.69) is 0 Å². The number of benzene rings is 2. The van der Waals surface area contributed by atoms with E-state index < -0.39 is 40.3 Å². The second-order valence-electron chi connectivity index (χ2n) is 10.7. The standard InChI is InChI=1S/C29H31F3N2O5/c1-17-6-9-19(10-7-17)25(36)33-28(29(30,31)32)24-20(15-27(2,3)16-21(24)35)34(26(28)37)13-12-18-8-11-22(38-4)23(14-18)39-5/h6-11,14H,12-13,15-16H2,1-5H3,(H,33,36). The number of Topliss-reactive ketones (excluding diaryl/α,β-unsaturated/α-hetero) is 1. The summed E-state index contributed by atoms with van der Waals surface area (Å²) in [7, 11) is 2.95. The van der Waals surface area contributed by atoms with E-state index in [1.807, 2.05) is 5.32 Å². The number of nitrogens with one attached hydrogen (secondary N) is 1. The normalized spacial score (nSPS) is 20.7. The number of methoxy groups -OCH3 is 2. The number of rotatable bonds is 7. The van der Waals surface area contributed by atoms with Gasteiger partial charge in [0.25, 0.3) is 11.8 Å². The predicted octanol–water partition coefficient (Wildman–Crippen LogP) is 4.77. The predicted molar refractivity (Wildman–Crippen MR) is 137 cm³/mol. The van der Waals surface area contributed by atoms with Gasteiger partial charge in [0.05, 0.1) is 19.8 Å². The van der Waals surface area contributed by atoms with Crippen molar-refractivity contribution in [3.63, 3.8) is 0 Å². The fraction of sp³-hybridized carbons (Fsp3) is 0.414. The highest BCUT2D eigenvalue weighted by atomic mass is 19.4. The van der Waals surface area contributed by atoms with Crippen LogP contribution in [0.15, 0.2) is 53.7 Å². The van der Waals surface area contributed by atoms with E-state index in [1.54, 1.807) is 51.1 Å². The minimum atomic E-state index is -5.26. The summed E-state index contributed by atoms with van der Waals surface area (Å²) in [5.74, 6) is -2.35. The minimum absolute atomic E-state index is 0.00302. The van der Waals surface area contributed by atoms with E-state index in [0.29, 0.717) is 17.1 Å². The fourth-order valence-electron chi connectivity index (χ4n) is 5.29. The van der Waals surface area contributed by atoms with Crippen molar-refractivity contribution in [3.05, 3.63) is 70.4 Å². The lowest BCUT2D eigenvalue weighted by atomic mass is 9.72. The maximum atomic E-state index is 15.0. The molecule has 0 spiro atoms. The first-order valence-corrected chi connectivity index (χ1v) is 12.5. The van der Waals surface area contributed by atoms with Crippen LogP contribution in [-0.2, 0) is 16.0 Å². The van der Waals surface area contributed by atoms with Gasteiger partial charge in [-0.05, 0) is 55.0 Å². The third kappa shape index (κ3) is 4.99. The van der Waals surface area contributed by atoms with E-state index in [-0.39, 0.29) is 37.1 Å². The van der Waals surface area contributed by atoms with Crippen LogP contribution in [0.3, 0.4) is 0 Å². The van der Waals surface area contributed by atoms with Gasteiger partial charge in [-0.25, -0.2) is 0 Å². The van der Waals surface area contributed by atoms with Crippen LogP contribution in [0.2, 0.25) is 0 Å². The molecule has 1 N–H and O–H groups in total. The lowest BCUT2D eigenvalue weighted by Gasteiger charge is -2.35. The number of hydrogen-bond donors (Lipinski definition) is 1. The van der Waals surface area contributed by atoms with Gasteiger partial charge in [0.15, 0.2) is 17.3 Å². The van der Waals surface area contributed by atoms with Gasteiger partial charge < -0.3 is 19.7 Å². The smallest absolute Gasteiger partial charge is 0.425 e. The monoisotopic (exact) mass is 544 g/mol. The number of ketones is 1. The van der Waals surface area contributed by atoms with Crippen LogP contribution < -0.4 is 14.8 Å². The molecule has 0 radical (unpaired) electrons. The molecule has 7 nitrogen and oxygen atoms in total. The Morgan fingerprint density at radius 2 is 1.64 bits per heavy atom. The number of allylic oxidation sites excluding steroid dienone is 1. The van der Waals surface area contributed by atoms with Crippen molar-refractivity contribution in [1.29, 1.82) is 0 Å². The van der Waals surface area contributed by atoms with Gasteiger partial charge in [-0.1, -0.05) is 37.6 Å². The molecule has 10 heteroatoms. The molecule has 1 unspecified atom stereocenters. The number of ether oxygens (including phenoxy) is 2. The van der Waals surface area contributed by atoms with Crippen LogP contribution in [0.5, 0.6) is 11.5 Å². The SMILES string of the molecule is COc1ccc(CCN2C(=O)C(NC(=O)c3ccc(C)cc3)(C(F)(F)F)C3=C2CC(C)(C)CC3=O)cc1OC. The number of carbonyl (C=O) groups excluding carboxylic acids is 3. The van der Waals surface area contributed by atoms with Crippen molar-refractivity contribution in [3.8, 4) is 11.5 Å². The molecular weight excluding hydrogens is 513 g/mol. The van der Waals surface area contributed by atoms with E-state index in [9.17, 15) is 27.6 Å². The molecule has 0 fully saturated rings. The van der Waals surface area contributed by atoms with Crippen LogP contribution in [0, 0.1) is 12.3 Å². The van der Waals surface area contributed by atoms with Crippen molar-refractivity contribution in [2.24, 2.45) is 5.41 Å². The Balaban J connectivity index is 1.77. The Morgan fingerprint density at radius 3 is 2.23 bits per heavy atom. The van der Waals surface area contributed by atoms with Gasteiger partial charge in [0, 0.05) is 24.2 Å². The molecule has 4 rings (SSSR count). The lowest BCUT2D eigenvalue weighted by molar-refractivity contribution is -0.190. The van der Waals surface area contributed by atoms with E-state index in [4.69, 9.17) is 9.47 Å². The van der Waals surface area contributed by atoms with Crippen LogP contribution in [-0.4, -0.2) is 55.0 Å². The Morgan fingerprint density at radius 1 is 1.00 bits per heavy atom. The molecule has 0 saturated carbocycles. The van der Waals surface area contributed by atoms with Gasteiger partial charge in [-0.3, -0.25) is 14.4 Å². The van der Waals surface area contributed by atoms with Crippen molar-refractivity contribution in [2.75, 3.05) is 20.8 Å². The first-order chi connectivity index (χ1) is 18.2. The summed E-state index contributed by atoms with van der Waals surface area (Å²) in [6.07, 6.45) is -5.19. The average Bonchev–Trinajstić information content (AvgIpc) is 3.09. The van der Waals surface area contributed by atoms with Gasteiger partial charge in [0.1, 0.15) is 0 Å². The number of halogens is 3. The Bertz CT molecular complexity index is 1350. The number of hydrogen-bond acceptors (Lipinski definition) is 5. The van der Waals surface area contributed by atoms with Crippen molar-refractivity contribution in [1.82, 2.24) is 10.2 Å².